The van der Waals surface area contributed by atoms with Crippen molar-refractivity contribution in [3.8, 4) is 6.07 Å². The number of hydrogen-bond donors (Lipinski definition) is 1. The van der Waals surface area contributed by atoms with E-state index >= 15 is 0 Å². The lowest BCUT2D eigenvalue weighted by Crippen LogP contribution is -2.35. The van der Waals surface area contributed by atoms with Gasteiger partial charge in [-0.15, -0.1) is 0 Å². The molecule has 1 aliphatic heterocycles. The molecule has 2 nitrogen and oxygen atoms in total. The van der Waals surface area contributed by atoms with Crippen LogP contribution in [0.3, 0.4) is 0 Å². The van der Waals surface area contributed by atoms with Gasteiger partial charge in [-0.1, -0.05) is 19.9 Å². The van der Waals surface area contributed by atoms with E-state index in [-0.39, 0.29) is 0 Å². The van der Waals surface area contributed by atoms with Crippen LogP contribution in [0.2, 0.25) is 0 Å². The number of rotatable bonds is 2. The van der Waals surface area contributed by atoms with Crippen molar-refractivity contribution < 1.29 is 0 Å². The van der Waals surface area contributed by atoms with Crippen LogP contribution < -0.4 is 5.32 Å². The first-order valence-corrected chi connectivity index (χ1v) is 7.09. The van der Waals surface area contributed by atoms with Crippen molar-refractivity contribution in [2.45, 2.75) is 26.3 Å². The number of nitrogens with one attached hydrogen (secondary N) is 1. The fourth-order valence-corrected chi connectivity index (χ4v) is 3.54. The van der Waals surface area contributed by atoms with E-state index in [1.165, 1.54) is 12.2 Å². The van der Waals surface area contributed by atoms with Gasteiger partial charge in [-0.05, 0) is 35.8 Å². The Bertz CT molecular complexity index is 434. The van der Waals surface area contributed by atoms with E-state index in [0.717, 1.165) is 17.0 Å². The molecule has 1 unspecified atom stereocenters. The first-order chi connectivity index (χ1) is 8.09. The number of nitriles is 1. The van der Waals surface area contributed by atoms with Gasteiger partial charge >= 0.3 is 0 Å². The van der Waals surface area contributed by atoms with Crippen molar-refractivity contribution in [1.29, 1.82) is 5.26 Å². The van der Waals surface area contributed by atoms with Gasteiger partial charge in [-0.2, -0.15) is 17.0 Å². The molecule has 90 valence electrons. The Labute approximate surface area is 107 Å². The fourth-order valence-electron chi connectivity index (χ4n) is 2.27. The fraction of sp³-hybridized carbons (Fsp3) is 0.500. The highest BCUT2D eigenvalue weighted by molar-refractivity contribution is 7.99. The average molecular weight is 246 g/mol. The van der Waals surface area contributed by atoms with E-state index in [4.69, 9.17) is 5.26 Å². The summed E-state index contributed by atoms with van der Waals surface area (Å²) in [6.07, 6.45) is 1.19. The normalized spacial score (nSPS) is 22.8. The predicted octanol–water partition coefficient (Wildman–Crippen LogP) is 3.50. The molecule has 0 spiro atoms. The largest absolute Gasteiger partial charge is 0.381 e. The van der Waals surface area contributed by atoms with Crippen molar-refractivity contribution >= 4 is 17.4 Å². The van der Waals surface area contributed by atoms with Crippen molar-refractivity contribution in [3.63, 3.8) is 0 Å². The van der Waals surface area contributed by atoms with Gasteiger partial charge < -0.3 is 5.32 Å². The van der Waals surface area contributed by atoms with Gasteiger partial charge in [0.25, 0.3) is 0 Å². The third-order valence-electron chi connectivity index (χ3n) is 2.97. The zero-order chi connectivity index (χ0) is 12.3. The van der Waals surface area contributed by atoms with Crippen LogP contribution in [-0.4, -0.2) is 17.5 Å². The molecule has 1 fully saturated rings. The number of anilines is 1. The molecular formula is C14H18N2S. The van der Waals surface area contributed by atoms with Gasteiger partial charge in [-0.3, -0.25) is 0 Å². The first-order valence-electron chi connectivity index (χ1n) is 5.93. The van der Waals surface area contributed by atoms with E-state index in [9.17, 15) is 0 Å². The molecule has 0 amide bonds. The summed E-state index contributed by atoms with van der Waals surface area (Å²) in [7, 11) is 0. The second-order valence-electron chi connectivity index (χ2n) is 5.42. The number of benzene rings is 1. The van der Waals surface area contributed by atoms with E-state index in [1.54, 1.807) is 0 Å². The minimum atomic E-state index is 0.410. The lowest BCUT2D eigenvalue weighted by Gasteiger charge is -2.35. The number of hydrogen-bond acceptors (Lipinski definition) is 3. The highest BCUT2D eigenvalue weighted by Crippen LogP contribution is 2.34. The Morgan fingerprint density at radius 2 is 2.29 bits per heavy atom. The zero-order valence-corrected chi connectivity index (χ0v) is 11.2. The van der Waals surface area contributed by atoms with Crippen molar-refractivity contribution in [2.24, 2.45) is 5.41 Å². The summed E-state index contributed by atoms with van der Waals surface area (Å²) in [5.41, 5.74) is 2.19. The Kier molecular flexibility index (Phi) is 3.63. The smallest absolute Gasteiger partial charge is 0.0992 e. The minimum Gasteiger partial charge on any atom is -0.381 e. The van der Waals surface area contributed by atoms with E-state index in [2.05, 4.69) is 25.2 Å². The standard InChI is InChI=1S/C14H18N2S/c1-14(2)7-13(9-17-10-14)16-12-5-3-4-11(6-12)8-15/h3-6,13,16H,7,9-10H2,1-2H3. The van der Waals surface area contributed by atoms with Crippen LogP contribution in [0.5, 0.6) is 0 Å². The van der Waals surface area contributed by atoms with Crippen LogP contribution in [0.1, 0.15) is 25.8 Å². The maximum Gasteiger partial charge on any atom is 0.0992 e. The third kappa shape index (κ3) is 3.41. The lowest BCUT2D eigenvalue weighted by atomic mass is 9.88. The molecule has 2 rings (SSSR count). The Morgan fingerprint density at radius 1 is 1.47 bits per heavy atom. The molecule has 1 saturated heterocycles. The molecule has 1 atom stereocenters. The molecule has 0 aliphatic carbocycles. The second-order valence-corrected chi connectivity index (χ2v) is 6.45. The van der Waals surface area contributed by atoms with E-state index < -0.39 is 0 Å². The van der Waals surface area contributed by atoms with Crippen molar-refractivity contribution in [3.05, 3.63) is 29.8 Å². The summed E-state index contributed by atoms with van der Waals surface area (Å²) in [6, 6.07) is 10.4. The number of thioether (sulfide) groups is 1. The maximum absolute atomic E-state index is 8.87. The summed E-state index contributed by atoms with van der Waals surface area (Å²) in [5, 5.41) is 12.4. The molecule has 1 aromatic rings. The highest BCUT2D eigenvalue weighted by atomic mass is 32.2. The molecule has 3 heteroatoms. The van der Waals surface area contributed by atoms with Gasteiger partial charge in [0.1, 0.15) is 0 Å². The molecule has 1 N–H and O–H groups in total. The SMILES string of the molecule is CC1(C)CSCC(Nc2cccc(C#N)c2)C1. The lowest BCUT2D eigenvalue weighted by molar-refractivity contribution is 0.358. The van der Waals surface area contributed by atoms with Gasteiger partial charge in [0.2, 0.25) is 0 Å². The van der Waals surface area contributed by atoms with E-state index in [1.807, 2.05) is 36.0 Å². The van der Waals surface area contributed by atoms with Gasteiger partial charge in [0, 0.05) is 17.5 Å². The molecule has 0 saturated carbocycles. The molecule has 1 heterocycles. The summed E-state index contributed by atoms with van der Waals surface area (Å²) in [4.78, 5) is 0. The predicted molar refractivity (Wildman–Crippen MR) is 74.3 cm³/mol. The quantitative estimate of drug-likeness (QED) is 0.867. The molecule has 0 bridgehead atoms. The maximum atomic E-state index is 8.87. The van der Waals surface area contributed by atoms with Crippen LogP contribution in [0.25, 0.3) is 0 Å². The molecule has 1 aromatic carbocycles. The summed E-state index contributed by atoms with van der Waals surface area (Å²) < 4.78 is 0. The van der Waals surface area contributed by atoms with Crippen LogP contribution >= 0.6 is 11.8 Å². The summed E-state index contributed by atoms with van der Waals surface area (Å²) >= 11 is 2.01. The Hall–Kier alpha value is -1.14. The second kappa shape index (κ2) is 5.01. The van der Waals surface area contributed by atoms with Gasteiger partial charge in [0.05, 0.1) is 11.6 Å². The van der Waals surface area contributed by atoms with Crippen LogP contribution in [0, 0.1) is 16.7 Å². The Balaban J connectivity index is 2.03. The molecule has 0 aromatic heterocycles. The third-order valence-corrected chi connectivity index (χ3v) is 4.60. The first kappa shape index (κ1) is 12.3. The van der Waals surface area contributed by atoms with E-state index in [0.29, 0.717) is 11.5 Å². The highest BCUT2D eigenvalue weighted by Gasteiger charge is 2.28. The Morgan fingerprint density at radius 3 is 3.00 bits per heavy atom. The topological polar surface area (TPSA) is 35.8 Å². The molecule has 1 aliphatic rings. The molecular weight excluding hydrogens is 228 g/mol. The number of nitrogens with zero attached hydrogens (tertiary/aromatic N) is 1. The molecule has 17 heavy (non-hydrogen) atoms. The monoisotopic (exact) mass is 246 g/mol. The zero-order valence-electron chi connectivity index (χ0n) is 10.4. The van der Waals surface area contributed by atoms with Crippen LogP contribution in [0.15, 0.2) is 24.3 Å². The summed E-state index contributed by atoms with van der Waals surface area (Å²) in [6.45, 7) is 4.64. The van der Waals surface area contributed by atoms with Crippen LogP contribution in [0.4, 0.5) is 5.69 Å². The average Bonchev–Trinajstić information content (AvgIpc) is 2.28. The van der Waals surface area contributed by atoms with Crippen molar-refractivity contribution in [1.82, 2.24) is 0 Å². The van der Waals surface area contributed by atoms with Crippen LogP contribution in [-0.2, 0) is 0 Å². The van der Waals surface area contributed by atoms with Gasteiger partial charge in [-0.25, -0.2) is 0 Å². The summed E-state index contributed by atoms with van der Waals surface area (Å²) in [5.74, 6) is 2.39. The molecule has 0 radical (unpaired) electrons. The van der Waals surface area contributed by atoms with Crippen molar-refractivity contribution in [2.75, 3.05) is 16.8 Å². The van der Waals surface area contributed by atoms with Gasteiger partial charge in [0.15, 0.2) is 0 Å². The minimum absolute atomic E-state index is 0.410.